The van der Waals surface area contributed by atoms with Crippen LogP contribution in [0, 0.1) is 17.3 Å². The topological polar surface area (TPSA) is 24.8 Å². The van der Waals surface area contributed by atoms with Crippen LogP contribution in [0.25, 0.3) is 0 Å². The lowest BCUT2D eigenvalue weighted by atomic mass is 9.49. The fourth-order valence-electron chi connectivity index (χ4n) is 5.13. The van der Waals surface area contributed by atoms with Crippen molar-refractivity contribution in [2.75, 3.05) is 37.6 Å². The molecule has 1 aliphatic heterocycles. The molecule has 1 aromatic carbocycles. The number of fused-ring (bicyclic) bond motifs is 1. The summed E-state index contributed by atoms with van der Waals surface area (Å²) >= 11 is 0. The standard InChI is InChI=1S/C22H30N2O/c1-16(25)17-5-8-20(9-6-17)24-12-10-23(11-13-24)15-18-4-7-19-14-21(18)22(19,2)3/h4-6,8-9,19,21H,7,10-15H2,1-3H3/p+1/t19-,21-/m1/s1. The maximum atomic E-state index is 11.4. The van der Waals surface area contributed by atoms with Gasteiger partial charge in [0, 0.05) is 11.3 Å². The first-order valence-electron chi connectivity index (χ1n) is 9.83. The van der Waals surface area contributed by atoms with Gasteiger partial charge in [-0.1, -0.05) is 19.9 Å². The van der Waals surface area contributed by atoms with Crippen LogP contribution in [-0.2, 0) is 0 Å². The third-order valence-electron chi connectivity index (χ3n) is 7.15. The molecule has 1 N–H and O–H groups in total. The summed E-state index contributed by atoms with van der Waals surface area (Å²) in [4.78, 5) is 15.6. The maximum Gasteiger partial charge on any atom is 0.159 e. The first-order valence-corrected chi connectivity index (χ1v) is 9.83. The van der Waals surface area contributed by atoms with Gasteiger partial charge in [0.25, 0.3) is 0 Å². The number of quaternary nitrogens is 1. The van der Waals surface area contributed by atoms with E-state index in [1.165, 1.54) is 38.2 Å². The molecule has 2 fully saturated rings. The van der Waals surface area contributed by atoms with E-state index in [4.69, 9.17) is 0 Å². The summed E-state index contributed by atoms with van der Waals surface area (Å²) in [6, 6.07) is 8.11. The Balaban J connectivity index is 1.33. The molecule has 2 bridgehead atoms. The van der Waals surface area contributed by atoms with Gasteiger partial charge in [0.05, 0.1) is 32.7 Å². The van der Waals surface area contributed by atoms with Gasteiger partial charge < -0.3 is 9.80 Å². The number of Topliss-reactive ketones (excluding diaryl/α,β-unsaturated/α-hetero) is 1. The van der Waals surface area contributed by atoms with E-state index in [1.54, 1.807) is 17.4 Å². The molecule has 0 radical (unpaired) electrons. The third-order valence-corrected chi connectivity index (χ3v) is 7.15. The second-order valence-electron chi connectivity index (χ2n) is 8.84. The van der Waals surface area contributed by atoms with Crippen molar-refractivity contribution in [2.45, 2.75) is 33.6 Å². The second kappa shape index (κ2) is 6.28. The lowest BCUT2D eigenvalue weighted by molar-refractivity contribution is -0.896. The average Bonchev–Trinajstić information content (AvgIpc) is 2.62. The Morgan fingerprint density at radius 3 is 2.44 bits per heavy atom. The number of anilines is 1. The monoisotopic (exact) mass is 339 g/mol. The number of hydrogen-bond acceptors (Lipinski definition) is 2. The van der Waals surface area contributed by atoms with Crippen LogP contribution in [0.15, 0.2) is 35.9 Å². The Labute approximate surface area is 151 Å². The molecule has 25 heavy (non-hydrogen) atoms. The van der Waals surface area contributed by atoms with Crippen LogP contribution in [-0.4, -0.2) is 38.5 Å². The molecule has 0 aromatic heterocycles. The van der Waals surface area contributed by atoms with Gasteiger partial charge in [0.1, 0.15) is 0 Å². The molecule has 1 aromatic rings. The number of nitrogens with one attached hydrogen (secondary N) is 1. The number of nitrogens with zero attached hydrogens (tertiary/aromatic N) is 1. The van der Waals surface area contributed by atoms with Crippen molar-refractivity contribution >= 4 is 11.5 Å². The van der Waals surface area contributed by atoms with E-state index in [9.17, 15) is 4.79 Å². The molecular formula is C22H31N2O+. The Morgan fingerprint density at radius 1 is 1.20 bits per heavy atom. The van der Waals surface area contributed by atoms with Crippen LogP contribution in [0.4, 0.5) is 5.69 Å². The number of ketones is 1. The molecule has 3 nitrogen and oxygen atoms in total. The Kier molecular flexibility index (Phi) is 4.23. The van der Waals surface area contributed by atoms with Crippen LogP contribution >= 0.6 is 0 Å². The van der Waals surface area contributed by atoms with Crippen molar-refractivity contribution in [2.24, 2.45) is 17.3 Å². The first kappa shape index (κ1) is 16.8. The molecular weight excluding hydrogens is 308 g/mol. The third kappa shape index (κ3) is 3.03. The largest absolute Gasteiger partial charge is 0.360 e. The van der Waals surface area contributed by atoms with Crippen LogP contribution in [0.1, 0.15) is 44.0 Å². The molecule has 1 saturated carbocycles. The number of rotatable bonds is 4. The van der Waals surface area contributed by atoms with Gasteiger partial charge in [0.2, 0.25) is 0 Å². The van der Waals surface area contributed by atoms with E-state index in [0.29, 0.717) is 5.41 Å². The number of allylic oxidation sites excluding steroid dienone is 1. The number of piperazine rings is 1. The first-order chi connectivity index (χ1) is 11.9. The van der Waals surface area contributed by atoms with Crippen LogP contribution in [0.5, 0.6) is 0 Å². The second-order valence-corrected chi connectivity index (χ2v) is 8.84. The van der Waals surface area contributed by atoms with Gasteiger partial charge in [-0.2, -0.15) is 0 Å². The van der Waals surface area contributed by atoms with Gasteiger partial charge in [-0.3, -0.25) is 4.79 Å². The van der Waals surface area contributed by atoms with Crippen molar-refractivity contribution in [1.82, 2.24) is 0 Å². The molecule has 2 atom stereocenters. The van der Waals surface area contributed by atoms with Crippen LogP contribution in [0.3, 0.4) is 0 Å². The highest BCUT2D eigenvalue weighted by atomic mass is 16.1. The summed E-state index contributed by atoms with van der Waals surface area (Å²) < 4.78 is 0. The molecule has 0 amide bonds. The molecule has 5 rings (SSSR count). The van der Waals surface area contributed by atoms with Gasteiger partial charge in [-0.05, 0) is 66.9 Å². The highest BCUT2D eigenvalue weighted by molar-refractivity contribution is 5.94. The summed E-state index contributed by atoms with van der Waals surface area (Å²) in [5, 5.41) is 0. The lowest BCUT2D eigenvalue weighted by Gasteiger charge is -2.56. The van der Waals surface area contributed by atoms with Crippen molar-refractivity contribution in [3.63, 3.8) is 0 Å². The highest BCUT2D eigenvalue weighted by Crippen LogP contribution is 2.58. The van der Waals surface area contributed by atoms with Crippen LogP contribution in [0.2, 0.25) is 0 Å². The van der Waals surface area contributed by atoms with E-state index in [2.05, 4.69) is 37.0 Å². The summed E-state index contributed by atoms with van der Waals surface area (Å²) in [5.74, 6) is 1.92. The summed E-state index contributed by atoms with van der Waals surface area (Å²) in [5.41, 5.74) is 4.34. The van der Waals surface area contributed by atoms with Crippen molar-refractivity contribution in [3.05, 3.63) is 41.5 Å². The summed E-state index contributed by atoms with van der Waals surface area (Å²) in [7, 11) is 0. The Hall–Kier alpha value is -1.61. The van der Waals surface area contributed by atoms with Gasteiger partial charge in [-0.15, -0.1) is 0 Å². The van der Waals surface area contributed by atoms with E-state index < -0.39 is 0 Å². The zero-order valence-corrected chi connectivity index (χ0v) is 15.8. The van der Waals surface area contributed by atoms with Gasteiger partial charge in [-0.25, -0.2) is 0 Å². The van der Waals surface area contributed by atoms with Crippen molar-refractivity contribution < 1.29 is 9.69 Å². The minimum atomic E-state index is 0.141. The van der Waals surface area contributed by atoms with Gasteiger partial charge >= 0.3 is 0 Å². The number of hydrogen-bond donors (Lipinski definition) is 1. The zero-order valence-electron chi connectivity index (χ0n) is 15.8. The van der Waals surface area contributed by atoms with Crippen molar-refractivity contribution in [3.8, 4) is 0 Å². The maximum absolute atomic E-state index is 11.4. The SMILES string of the molecule is CC(=O)c1ccc(N2CC[NH+](CC3=CC[C@@H]4C[C@H]3C4(C)C)CC2)cc1. The van der Waals surface area contributed by atoms with Gasteiger partial charge in [0.15, 0.2) is 5.78 Å². The Bertz CT molecular complexity index is 680. The molecule has 1 heterocycles. The molecule has 3 aliphatic carbocycles. The normalized spacial score (nSPS) is 28.3. The molecule has 0 unspecified atom stereocenters. The summed E-state index contributed by atoms with van der Waals surface area (Å²) in [6.07, 6.45) is 5.30. The molecule has 0 spiro atoms. The molecule has 134 valence electrons. The predicted octanol–water partition coefficient (Wildman–Crippen LogP) is 2.59. The average molecular weight is 340 g/mol. The predicted molar refractivity (Wildman–Crippen MR) is 102 cm³/mol. The molecule has 3 heteroatoms. The minimum Gasteiger partial charge on any atom is -0.360 e. The highest BCUT2D eigenvalue weighted by Gasteiger charge is 2.51. The summed E-state index contributed by atoms with van der Waals surface area (Å²) in [6.45, 7) is 12.5. The fourth-order valence-corrected chi connectivity index (χ4v) is 5.13. The minimum absolute atomic E-state index is 0.141. The number of carbonyl (C=O) groups excluding carboxylic acids is 1. The van der Waals surface area contributed by atoms with Crippen LogP contribution < -0.4 is 9.80 Å². The van der Waals surface area contributed by atoms with E-state index in [0.717, 1.165) is 30.5 Å². The lowest BCUT2D eigenvalue weighted by Crippen LogP contribution is -3.15. The molecule has 1 saturated heterocycles. The van der Waals surface area contributed by atoms with E-state index >= 15 is 0 Å². The number of benzene rings is 1. The molecule has 4 aliphatic rings. The Morgan fingerprint density at radius 2 is 1.88 bits per heavy atom. The number of carbonyl (C=O) groups is 1. The fraction of sp³-hybridized carbons (Fsp3) is 0.591. The van der Waals surface area contributed by atoms with E-state index in [1.807, 2.05) is 12.1 Å². The smallest absolute Gasteiger partial charge is 0.159 e. The van der Waals surface area contributed by atoms with E-state index in [-0.39, 0.29) is 5.78 Å². The van der Waals surface area contributed by atoms with Crippen molar-refractivity contribution in [1.29, 1.82) is 0 Å². The quantitative estimate of drug-likeness (QED) is 0.674. The zero-order chi connectivity index (χ0) is 17.6.